The number of halogens is 3. The third kappa shape index (κ3) is 7.16. The number of amides is 2. The monoisotopic (exact) mass is 541 g/mol. The first kappa shape index (κ1) is 26.4. The molecule has 0 fully saturated rings. The summed E-state index contributed by atoms with van der Waals surface area (Å²) in [6.45, 7) is 2.33. The molecule has 0 saturated carbocycles. The number of hydrogen-bond donors (Lipinski definition) is 4. The van der Waals surface area contributed by atoms with E-state index in [1.165, 1.54) is 17.4 Å². The lowest BCUT2D eigenvalue weighted by Crippen LogP contribution is -2.29. The molecule has 0 bridgehead atoms. The van der Waals surface area contributed by atoms with Crippen molar-refractivity contribution < 1.29 is 19.4 Å². The highest BCUT2D eigenvalue weighted by atomic mass is 35.5. The van der Waals surface area contributed by atoms with Crippen LogP contribution < -0.4 is 16.0 Å². The Morgan fingerprint density at radius 3 is 2.44 bits per heavy atom. The summed E-state index contributed by atoms with van der Waals surface area (Å²) >= 11 is 19.6. The number of thiophene rings is 1. The summed E-state index contributed by atoms with van der Waals surface area (Å²) in [5, 5.41) is 20.4. The molecule has 0 aliphatic rings. The maximum atomic E-state index is 12.9. The van der Waals surface area contributed by atoms with Gasteiger partial charge in [-0.25, -0.2) is 0 Å². The normalized spacial score (nSPS) is 11.8. The summed E-state index contributed by atoms with van der Waals surface area (Å²) in [6, 6.07) is 11.3. The average Bonchev–Trinajstić information content (AvgIpc) is 3.19. The van der Waals surface area contributed by atoms with Gasteiger partial charge in [0.2, 0.25) is 0 Å². The van der Waals surface area contributed by atoms with Crippen LogP contribution in [0.5, 0.6) is 0 Å². The van der Waals surface area contributed by atoms with Crippen LogP contribution in [0.4, 0.5) is 11.4 Å². The van der Waals surface area contributed by atoms with E-state index < -0.39 is 11.8 Å². The largest absolute Gasteiger partial charge is 0.394 e. The van der Waals surface area contributed by atoms with Crippen molar-refractivity contribution in [3.63, 3.8) is 0 Å². The fourth-order valence-electron chi connectivity index (χ4n) is 2.92. The Hall–Kier alpha value is -2.17. The second-order valence-electron chi connectivity index (χ2n) is 7.13. The lowest BCUT2D eigenvalue weighted by atomic mass is 10.1. The molecular weight excluding hydrogens is 521 g/mol. The number of benzene rings is 2. The van der Waals surface area contributed by atoms with Crippen molar-refractivity contribution in [2.24, 2.45) is 0 Å². The zero-order valence-corrected chi connectivity index (χ0v) is 21.1. The van der Waals surface area contributed by atoms with Gasteiger partial charge in [0.25, 0.3) is 11.8 Å². The Morgan fingerprint density at radius 2 is 1.74 bits per heavy atom. The number of carbonyl (C=O) groups excluding carboxylic acids is 2. The van der Waals surface area contributed by atoms with Gasteiger partial charge in [0.1, 0.15) is 11.1 Å². The topological polar surface area (TPSA) is 99.7 Å². The van der Waals surface area contributed by atoms with Gasteiger partial charge in [0, 0.05) is 22.3 Å². The van der Waals surface area contributed by atoms with Crippen LogP contribution in [-0.2, 0) is 11.3 Å². The van der Waals surface area contributed by atoms with E-state index in [0.29, 0.717) is 32.2 Å². The number of carbonyl (C=O) groups is 2. The number of ether oxygens (including phenoxy) is 1. The maximum absolute atomic E-state index is 12.9. The van der Waals surface area contributed by atoms with E-state index in [2.05, 4.69) is 16.0 Å². The molecule has 1 unspecified atom stereocenters. The van der Waals surface area contributed by atoms with Gasteiger partial charge >= 0.3 is 0 Å². The molecule has 1 atom stereocenters. The first-order chi connectivity index (χ1) is 16.3. The third-order valence-corrected chi connectivity index (χ3v) is 6.68. The van der Waals surface area contributed by atoms with Crippen LogP contribution in [0.2, 0.25) is 15.1 Å². The van der Waals surface area contributed by atoms with E-state index in [-0.39, 0.29) is 30.7 Å². The van der Waals surface area contributed by atoms with Gasteiger partial charge in [0.05, 0.1) is 29.5 Å². The number of hydrogen-bond acceptors (Lipinski definition) is 6. The van der Waals surface area contributed by atoms with Crippen LogP contribution in [0.1, 0.15) is 32.5 Å². The molecule has 180 valence electrons. The highest BCUT2D eigenvalue weighted by Gasteiger charge is 2.20. The van der Waals surface area contributed by atoms with Gasteiger partial charge in [-0.1, -0.05) is 34.8 Å². The second-order valence-corrected chi connectivity index (χ2v) is 9.26. The van der Waals surface area contributed by atoms with E-state index in [1.807, 2.05) is 0 Å². The Balaban J connectivity index is 1.72. The van der Waals surface area contributed by atoms with Crippen LogP contribution in [-0.4, -0.2) is 36.4 Å². The molecular formula is C23H22Cl3N3O4S. The van der Waals surface area contributed by atoms with Gasteiger partial charge in [0.15, 0.2) is 0 Å². The Morgan fingerprint density at radius 1 is 1.03 bits per heavy atom. The van der Waals surface area contributed by atoms with Crippen LogP contribution in [0.3, 0.4) is 0 Å². The summed E-state index contributed by atoms with van der Waals surface area (Å²) in [5.74, 6) is -0.896. The van der Waals surface area contributed by atoms with E-state index in [0.717, 1.165) is 5.56 Å². The highest BCUT2D eigenvalue weighted by Crippen LogP contribution is 2.30. The molecule has 0 aliphatic carbocycles. The zero-order chi connectivity index (χ0) is 24.7. The zero-order valence-electron chi connectivity index (χ0n) is 18.0. The lowest BCUT2D eigenvalue weighted by molar-refractivity contribution is 0.0192. The van der Waals surface area contributed by atoms with Crippen molar-refractivity contribution in [3.05, 3.63) is 78.9 Å². The van der Waals surface area contributed by atoms with Gasteiger partial charge in [-0.3, -0.25) is 14.9 Å². The van der Waals surface area contributed by atoms with Gasteiger partial charge in [-0.05, 0) is 60.3 Å². The van der Waals surface area contributed by atoms with Crippen molar-refractivity contribution in [1.29, 1.82) is 0 Å². The number of aliphatic hydroxyl groups is 1. The predicted octanol–water partition coefficient (Wildman–Crippen LogP) is 5.66. The fourth-order valence-corrected chi connectivity index (χ4v) is 4.48. The van der Waals surface area contributed by atoms with Crippen molar-refractivity contribution >= 4 is 69.3 Å². The SMILES string of the molecule is CC(NCc1csc(C(=O)Nc2ccc(Cl)cc2C(=O)Nc2ccc(Cl)cc2)c1Cl)OCCO. The summed E-state index contributed by atoms with van der Waals surface area (Å²) in [6.07, 6.45) is -0.295. The number of rotatable bonds is 10. The maximum Gasteiger partial charge on any atom is 0.267 e. The smallest absolute Gasteiger partial charge is 0.267 e. The molecule has 0 aliphatic heterocycles. The fraction of sp³-hybridized carbons (Fsp3) is 0.217. The molecule has 3 aromatic rings. The van der Waals surface area contributed by atoms with Gasteiger partial charge < -0.3 is 20.5 Å². The second kappa shape index (κ2) is 12.5. The first-order valence-electron chi connectivity index (χ1n) is 10.2. The quantitative estimate of drug-likeness (QED) is 0.248. The molecule has 0 spiro atoms. The minimum atomic E-state index is -0.450. The third-order valence-electron chi connectivity index (χ3n) is 4.62. The first-order valence-corrected chi connectivity index (χ1v) is 12.2. The molecule has 0 saturated heterocycles. The van der Waals surface area contributed by atoms with Crippen LogP contribution in [0.25, 0.3) is 0 Å². The Kier molecular flexibility index (Phi) is 9.73. The van der Waals surface area contributed by atoms with E-state index in [4.69, 9.17) is 44.6 Å². The Bertz CT molecular complexity index is 1150. The van der Waals surface area contributed by atoms with Gasteiger partial charge in [-0.15, -0.1) is 11.3 Å². The molecule has 2 amide bonds. The van der Waals surface area contributed by atoms with Crippen molar-refractivity contribution in [3.8, 4) is 0 Å². The van der Waals surface area contributed by atoms with Crippen LogP contribution >= 0.6 is 46.1 Å². The molecule has 4 N–H and O–H groups in total. The summed E-state index contributed by atoms with van der Waals surface area (Å²) in [4.78, 5) is 26.1. The number of aliphatic hydroxyl groups excluding tert-OH is 1. The van der Waals surface area contributed by atoms with Crippen molar-refractivity contribution in [1.82, 2.24) is 5.32 Å². The van der Waals surface area contributed by atoms with Gasteiger partial charge in [-0.2, -0.15) is 0 Å². The van der Waals surface area contributed by atoms with Crippen molar-refractivity contribution in [2.75, 3.05) is 23.8 Å². The lowest BCUT2D eigenvalue weighted by Gasteiger charge is -2.14. The van der Waals surface area contributed by atoms with Crippen LogP contribution in [0.15, 0.2) is 47.8 Å². The van der Waals surface area contributed by atoms with E-state index in [9.17, 15) is 9.59 Å². The number of anilines is 2. The summed E-state index contributed by atoms with van der Waals surface area (Å²) in [7, 11) is 0. The molecule has 3 rings (SSSR count). The Labute approximate surface area is 216 Å². The number of nitrogens with one attached hydrogen (secondary N) is 3. The standard InChI is InChI=1S/C23H22Cl3N3O4S/c1-13(33-9-8-30)27-11-14-12-34-21(20(14)26)23(32)29-19-7-4-16(25)10-18(19)22(31)28-17-5-2-15(24)3-6-17/h2-7,10,12-13,27,30H,8-9,11H2,1H3,(H,28,31)(H,29,32). The van der Waals surface area contributed by atoms with Crippen LogP contribution in [0, 0.1) is 0 Å². The average molecular weight is 543 g/mol. The van der Waals surface area contributed by atoms with E-state index in [1.54, 1.807) is 48.7 Å². The van der Waals surface area contributed by atoms with Crippen molar-refractivity contribution in [2.45, 2.75) is 19.7 Å². The molecule has 34 heavy (non-hydrogen) atoms. The minimum Gasteiger partial charge on any atom is -0.394 e. The predicted molar refractivity (Wildman–Crippen MR) is 137 cm³/mol. The molecule has 1 heterocycles. The summed E-state index contributed by atoms with van der Waals surface area (Å²) in [5.41, 5.74) is 1.76. The molecule has 1 aromatic heterocycles. The minimum absolute atomic E-state index is 0.0695. The molecule has 2 aromatic carbocycles. The molecule has 7 nitrogen and oxygen atoms in total. The highest BCUT2D eigenvalue weighted by molar-refractivity contribution is 7.13. The molecule has 11 heteroatoms. The van der Waals surface area contributed by atoms with E-state index >= 15 is 0 Å². The summed E-state index contributed by atoms with van der Waals surface area (Å²) < 4.78 is 5.34. The molecule has 0 radical (unpaired) electrons.